The molecule has 1 aromatic heterocycles. The molecule has 1 amide bonds. The van der Waals surface area contributed by atoms with Crippen LogP contribution in [-0.4, -0.2) is 10.9 Å². The lowest BCUT2D eigenvalue weighted by Gasteiger charge is -2.11. The molecule has 0 radical (unpaired) electrons. The number of nitrogens with one attached hydrogen (secondary N) is 1. The molecule has 22 heavy (non-hydrogen) atoms. The van der Waals surface area contributed by atoms with Crippen LogP contribution in [0.2, 0.25) is 0 Å². The molecule has 114 valence electrons. The van der Waals surface area contributed by atoms with Crippen molar-refractivity contribution in [3.05, 3.63) is 54.2 Å². The summed E-state index contributed by atoms with van der Waals surface area (Å²) in [4.78, 5) is 15.0. The molecule has 0 saturated carbocycles. The zero-order chi connectivity index (χ0) is 16.3. The Hall–Kier alpha value is -2.96. The van der Waals surface area contributed by atoms with E-state index in [1.165, 1.54) is 6.20 Å². The number of pyridine rings is 1. The van der Waals surface area contributed by atoms with E-state index in [4.69, 9.17) is 10.5 Å². The maximum atomic E-state index is 13.9. The van der Waals surface area contributed by atoms with Gasteiger partial charge in [0.2, 0.25) is 11.8 Å². The van der Waals surface area contributed by atoms with Crippen LogP contribution >= 0.6 is 0 Å². The second-order valence-corrected chi connectivity index (χ2v) is 4.46. The number of aromatic nitrogens is 1. The summed E-state index contributed by atoms with van der Waals surface area (Å²) in [6.07, 6.45) is 2.43. The van der Waals surface area contributed by atoms with Crippen molar-refractivity contribution >= 4 is 17.3 Å². The SMILES string of the molecule is C=CC(=O)Nc1cc(F)c(Oc2ncc(C)cc2N)cc1F. The Kier molecular flexibility index (Phi) is 4.36. The number of halogens is 2. The van der Waals surface area contributed by atoms with Gasteiger partial charge in [0.05, 0.1) is 11.4 Å². The predicted molar refractivity (Wildman–Crippen MR) is 78.6 cm³/mol. The lowest BCUT2D eigenvalue weighted by atomic mass is 10.2. The fourth-order valence-corrected chi connectivity index (χ4v) is 1.66. The van der Waals surface area contributed by atoms with E-state index in [0.717, 1.165) is 23.8 Å². The van der Waals surface area contributed by atoms with Crippen molar-refractivity contribution in [2.75, 3.05) is 11.1 Å². The predicted octanol–water partition coefficient (Wildman–Crippen LogP) is 3.17. The zero-order valence-corrected chi connectivity index (χ0v) is 11.7. The quantitative estimate of drug-likeness (QED) is 0.851. The Morgan fingerprint density at radius 3 is 2.73 bits per heavy atom. The molecule has 2 aromatic rings. The number of anilines is 2. The second-order valence-electron chi connectivity index (χ2n) is 4.46. The summed E-state index contributed by atoms with van der Waals surface area (Å²) in [6, 6.07) is 3.20. The van der Waals surface area contributed by atoms with Gasteiger partial charge in [-0.2, -0.15) is 0 Å². The van der Waals surface area contributed by atoms with E-state index in [9.17, 15) is 13.6 Å². The first-order valence-electron chi connectivity index (χ1n) is 6.23. The number of nitrogen functional groups attached to an aromatic ring is 1. The van der Waals surface area contributed by atoms with Crippen LogP contribution in [0, 0.1) is 18.6 Å². The molecule has 1 heterocycles. The Morgan fingerprint density at radius 1 is 1.36 bits per heavy atom. The molecule has 0 aliphatic rings. The number of nitrogens with zero attached hydrogens (tertiary/aromatic N) is 1. The first kappa shape index (κ1) is 15.4. The van der Waals surface area contributed by atoms with Gasteiger partial charge in [-0.25, -0.2) is 13.8 Å². The normalized spacial score (nSPS) is 10.1. The average Bonchev–Trinajstić information content (AvgIpc) is 2.46. The van der Waals surface area contributed by atoms with E-state index in [0.29, 0.717) is 0 Å². The van der Waals surface area contributed by atoms with Gasteiger partial charge in [0.1, 0.15) is 0 Å². The molecule has 0 atom stereocenters. The highest BCUT2D eigenvalue weighted by molar-refractivity contribution is 5.99. The van der Waals surface area contributed by atoms with Crippen molar-refractivity contribution in [2.45, 2.75) is 6.92 Å². The standard InChI is InChI=1S/C15H13F2N3O2/c1-3-14(21)20-12-5-10(17)13(6-9(12)16)22-15-11(18)4-8(2)7-19-15/h3-7H,1,18H2,2H3,(H,20,21). The number of ether oxygens (including phenoxy) is 1. The third-order valence-corrected chi connectivity index (χ3v) is 2.69. The second kappa shape index (κ2) is 6.21. The van der Waals surface area contributed by atoms with Crippen LogP contribution in [0.1, 0.15) is 5.56 Å². The first-order valence-corrected chi connectivity index (χ1v) is 6.23. The molecule has 0 spiro atoms. The van der Waals surface area contributed by atoms with Crippen molar-refractivity contribution in [1.82, 2.24) is 4.98 Å². The molecule has 0 unspecified atom stereocenters. The van der Waals surface area contributed by atoms with Crippen molar-refractivity contribution in [3.63, 3.8) is 0 Å². The van der Waals surface area contributed by atoms with Gasteiger partial charge in [0.15, 0.2) is 17.4 Å². The fraction of sp³-hybridized carbons (Fsp3) is 0.0667. The molecule has 0 aliphatic heterocycles. The number of aryl methyl sites for hydroxylation is 1. The number of rotatable bonds is 4. The number of hydrogen-bond donors (Lipinski definition) is 2. The number of carbonyl (C=O) groups excluding carboxylic acids is 1. The minimum Gasteiger partial charge on any atom is -0.434 e. The third kappa shape index (κ3) is 3.38. The highest BCUT2D eigenvalue weighted by Gasteiger charge is 2.14. The van der Waals surface area contributed by atoms with Gasteiger partial charge >= 0.3 is 0 Å². The smallest absolute Gasteiger partial charge is 0.247 e. The van der Waals surface area contributed by atoms with Crippen molar-refractivity contribution in [3.8, 4) is 11.6 Å². The molecule has 0 fully saturated rings. The lowest BCUT2D eigenvalue weighted by molar-refractivity contribution is -0.111. The number of carbonyl (C=O) groups is 1. The molecule has 7 heteroatoms. The molecule has 0 bridgehead atoms. The molecule has 0 saturated heterocycles. The van der Waals surface area contributed by atoms with E-state index in [-0.39, 0.29) is 17.3 Å². The van der Waals surface area contributed by atoms with Crippen LogP contribution < -0.4 is 15.8 Å². The zero-order valence-electron chi connectivity index (χ0n) is 11.7. The van der Waals surface area contributed by atoms with Crippen LogP contribution in [0.5, 0.6) is 11.6 Å². The van der Waals surface area contributed by atoms with E-state index in [1.54, 1.807) is 13.0 Å². The highest BCUT2D eigenvalue weighted by Crippen LogP contribution is 2.30. The van der Waals surface area contributed by atoms with Crippen LogP contribution in [0.15, 0.2) is 37.1 Å². The molecule has 2 rings (SSSR count). The maximum Gasteiger partial charge on any atom is 0.247 e. The summed E-state index contributed by atoms with van der Waals surface area (Å²) >= 11 is 0. The van der Waals surface area contributed by atoms with Crippen molar-refractivity contribution in [2.24, 2.45) is 0 Å². The van der Waals surface area contributed by atoms with E-state index in [1.807, 2.05) is 0 Å². The van der Waals surface area contributed by atoms with Gasteiger partial charge in [-0.3, -0.25) is 4.79 Å². The molecule has 0 aliphatic carbocycles. The van der Waals surface area contributed by atoms with Gasteiger partial charge in [0.25, 0.3) is 0 Å². The van der Waals surface area contributed by atoms with Crippen LogP contribution in [0.4, 0.5) is 20.2 Å². The van der Waals surface area contributed by atoms with Crippen LogP contribution in [-0.2, 0) is 4.79 Å². The van der Waals surface area contributed by atoms with Crippen LogP contribution in [0.3, 0.4) is 0 Å². The summed E-state index contributed by atoms with van der Waals surface area (Å²) in [5, 5.41) is 2.14. The Bertz CT molecular complexity index is 748. The molecule has 1 aromatic carbocycles. The fourth-order valence-electron chi connectivity index (χ4n) is 1.66. The lowest BCUT2D eigenvalue weighted by Crippen LogP contribution is -2.09. The monoisotopic (exact) mass is 305 g/mol. The summed E-state index contributed by atoms with van der Waals surface area (Å²) in [7, 11) is 0. The third-order valence-electron chi connectivity index (χ3n) is 2.69. The van der Waals surface area contributed by atoms with Crippen molar-refractivity contribution in [1.29, 1.82) is 0 Å². The summed E-state index contributed by atoms with van der Waals surface area (Å²) < 4.78 is 33.0. The van der Waals surface area contributed by atoms with Gasteiger partial charge in [-0.15, -0.1) is 0 Å². The Labute approximate surface area is 125 Å². The average molecular weight is 305 g/mol. The summed E-state index contributed by atoms with van der Waals surface area (Å²) in [5.41, 5.74) is 6.38. The minimum atomic E-state index is -0.873. The van der Waals surface area contributed by atoms with Crippen molar-refractivity contribution < 1.29 is 18.3 Å². The Morgan fingerprint density at radius 2 is 2.09 bits per heavy atom. The van der Waals surface area contributed by atoms with E-state index in [2.05, 4.69) is 16.9 Å². The minimum absolute atomic E-state index is 0.0354. The topological polar surface area (TPSA) is 77.2 Å². The molecule has 3 N–H and O–H groups in total. The van der Waals surface area contributed by atoms with Gasteiger partial charge < -0.3 is 15.8 Å². The summed E-state index contributed by atoms with van der Waals surface area (Å²) in [6.45, 7) is 5.01. The number of nitrogens with two attached hydrogens (primary N) is 1. The van der Waals surface area contributed by atoms with Crippen LogP contribution in [0.25, 0.3) is 0 Å². The van der Waals surface area contributed by atoms with E-state index < -0.39 is 23.3 Å². The van der Waals surface area contributed by atoms with E-state index >= 15 is 0 Å². The number of benzene rings is 1. The molecular formula is C15H13F2N3O2. The highest BCUT2D eigenvalue weighted by atomic mass is 19.1. The van der Waals surface area contributed by atoms with Gasteiger partial charge in [-0.1, -0.05) is 6.58 Å². The number of hydrogen-bond acceptors (Lipinski definition) is 4. The molecule has 5 nitrogen and oxygen atoms in total. The Balaban J connectivity index is 2.30. The summed E-state index contributed by atoms with van der Waals surface area (Å²) in [5.74, 6) is -2.82. The van der Waals surface area contributed by atoms with Gasteiger partial charge in [0, 0.05) is 18.3 Å². The maximum absolute atomic E-state index is 13.9. The largest absolute Gasteiger partial charge is 0.434 e. The van der Waals surface area contributed by atoms with Gasteiger partial charge in [-0.05, 0) is 24.6 Å². The molecular weight excluding hydrogens is 292 g/mol. The number of amides is 1. The first-order chi connectivity index (χ1) is 10.4.